The highest BCUT2D eigenvalue weighted by atomic mass is 32.2. The molecule has 0 unspecified atom stereocenters. The quantitative estimate of drug-likeness (QED) is 0.769. The van der Waals surface area contributed by atoms with E-state index in [1.165, 1.54) is 4.31 Å². The van der Waals surface area contributed by atoms with E-state index in [1.807, 2.05) is 31.2 Å². The topological polar surface area (TPSA) is 75.7 Å². The van der Waals surface area contributed by atoms with Crippen LogP contribution in [0.15, 0.2) is 59.5 Å². The van der Waals surface area contributed by atoms with Gasteiger partial charge in [0.2, 0.25) is 15.9 Å². The van der Waals surface area contributed by atoms with E-state index in [0.29, 0.717) is 48.9 Å². The van der Waals surface area contributed by atoms with Crippen molar-refractivity contribution in [2.75, 3.05) is 25.0 Å². The summed E-state index contributed by atoms with van der Waals surface area (Å²) in [7, 11) is -3.51. The van der Waals surface area contributed by atoms with Gasteiger partial charge in [0.05, 0.1) is 17.2 Å². The number of carbonyl (C=O) groups excluding carboxylic acids is 1. The van der Waals surface area contributed by atoms with E-state index >= 15 is 0 Å². The fourth-order valence-corrected chi connectivity index (χ4v) is 4.73. The lowest BCUT2D eigenvalue weighted by Gasteiger charge is -2.30. The van der Waals surface area contributed by atoms with Crippen LogP contribution in [0, 0.1) is 5.92 Å². The molecule has 2 aromatic rings. The Labute approximate surface area is 166 Å². The Kier molecular flexibility index (Phi) is 6.70. The van der Waals surface area contributed by atoms with Crippen molar-refractivity contribution in [2.24, 2.45) is 5.92 Å². The normalized spacial score (nSPS) is 15.9. The molecule has 6 nitrogen and oxygen atoms in total. The van der Waals surface area contributed by atoms with Gasteiger partial charge in [-0.15, -0.1) is 0 Å². The van der Waals surface area contributed by atoms with Crippen molar-refractivity contribution < 1.29 is 17.9 Å². The minimum Gasteiger partial charge on any atom is -0.491 e. The molecule has 2 aromatic carbocycles. The van der Waals surface area contributed by atoms with Crippen LogP contribution in [-0.2, 0) is 14.8 Å². The summed E-state index contributed by atoms with van der Waals surface area (Å²) in [4.78, 5) is 13.0. The predicted octanol–water partition coefficient (Wildman–Crippen LogP) is 3.51. The Hall–Kier alpha value is -2.38. The third-order valence-corrected chi connectivity index (χ3v) is 6.73. The van der Waals surface area contributed by atoms with Gasteiger partial charge in [0, 0.05) is 19.0 Å². The molecule has 1 aliphatic rings. The van der Waals surface area contributed by atoms with Crippen LogP contribution in [0.5, 0.6) is 5.75 Å². The van der Waals surface area contributed by atoms with Crippen molar-refractivity contribution in [3.05, 3.63) is 54.6 Å². The number of anilines is 1. The summed E-state index contributed by atoms with van der Waals surface area (Å²) in [6.07, 6.45) is 1.88. The maximum atomic E-state index is 12.7. The number of benzene rings is 2. The van der Waals surface area contributed by atoms with E-state index in [1.54, 1.807) is 30.3 Å². The van der Waals surface area contributed by atoms with Gasteiger partial charge in [-0.1, -0.05) is 37.3 Å². The number of rotatable bonds is 7. The molecule has 1 heterocycles. The zero-order valence-corrected chi connectivity index (χ0v) is 16.8. The van der Waals surface area contributed by atoms with Crippen LogP contribution in [0.4, 0.5) is 5.69 Å². The Balaban J connectivity index is 1.60. The first-order chi connectivity index (χ1) is 13.5. The molecule has 0 aliphatic carbocycles. The molecule has 1 N–H and O–H groups in total. The summed E-state index contributed by atoms with van der Waals surface area (Å²) in [5.74, 6) is 0.340. The Morgan fingerprint density at radius 1 is 1.07 bits per heavy atom. The SMILES string of the molecule is CCCOc1ccccc1NC(=O)C1CCN(S(=O)(=O)c2ccccc2)CC1. The third kappa shape index (κ3) is 4.72. The minimum absolute atomic E-state index is 0.0932. The Morgan fingerprint density at radius 3 is 2.39 bits per heavy atom. The number of nitrogens with zero attached hydrogens (tertiary/aromatic N) is 1. The van der Waals surface area contributed by atoms with Gasteiger partial charge in [-0.05, 0) is 43.5 Å². The second kappa shape index (κ2) is 9.21. The molecule has 28 heavy (non-hydrogen) atoms. The number of ether oxygens (including phenoxy) is 1. The second-order valence-corrected chi connectivity index (χ2v) is 8.76. The van der Waals surface area contributed by atoms with Gasteiger partial charge < -0.3 is 10.1 Å². The fraction of sp³-hybridized carbons (Fsp3) is 0.381. The van der Waals surface area contributed by atoms with Crippen molar-refractivity contribution >= 4 is 21.6 Å². The lowest BCUT2D eigenvalue weighted by Crippen LogP contribution is -2.41. The first-order valence-corrected chi connectivity index (χ1v) is 11.0. The van der Waals surface area contributed by atoms with Gasteiger partial charge in [-0.3, -0.25) is 4.79 Å². The molecule has 1 aliphatic heterocycles. The molecule has 1 fully saturated rings. The van der Waals surface area contributed by atoms with Crippen LogP contribution >= 0.6 is 0 Å². The summed E-state index contributed by atoms with van der Waals surface area (Å²) in [5.41, 5.74) is 0.653. The van der Waals surface area contributed by atoms with Gasteiger partial charge in [-0.2, -0.15) is 4.31 Å². The first kappa shape index (κ1) is 20.4. The van der Waals surface area contributed by atoms with Gasteiger partial charge in [-0.25, -0.2) is 8.42 Å². The predicted molar refractivity (Wildman–Crippen MR) is 109 cm³/mol. The highest BCUT2D eigenvalue weighted by Crippen LogP contribution is 2.28. The van der Waals surface area contributed by atoms with E-state index in [2.05, 4.69) is 5.32 Å². The average molecular weight is 403 g/mol. The highest BCUT2D eigenvalue weighted by Gasteiger charge is 2.32. The molecule has 0 spiro atoms. The monoisotopic (exact) mass is 402 g/mol. The molecule has 0 radical (unpaired) electrons. The molecular formula is C21H26N2O4S. The van der Waals surface area contributed by atoms with Gasteiger partial charge in [0.25, 0.3) is 0 Å². The van der Waals surface area contributed by atoms with Crippen LogP contribution in [0.2, 0.25) is 0 Å². The molecule has 7 heteroatoms. The van der Waals surface area contributed by atoms with Crippen molar-refractivity contribution in [2.45, 2.75) is 31.1 Å². The number of sulfonamides is 1. The van der Waals surface area contributed by atoms with Crippen LogP contribution in [0.1, 0.15) is 26.2 Å². The first-order valence-electron chi connectivity index (χ1n) is 9.60. The van der Waals surface area contributed by atoms with E-state index in [0.717, 1.165) is 6.42 Å². The third-order valence-electron chi connectivity index (χ3n) is 4.81. The summed E-state index contributed by atoms with van der Waals surface area (Å²) in [6.45, 7) is 3.29. The average Bonchev–Trinajstić information content (AvgIpc) is 2.74. The molecule has 0 saturated carbocycles. The summed E-state index contributed by atoms with van der Waals surface area (Å²) < 4.78 is 32.6. The zero-order chi connectivity index (χ0) is 20.0. The van der Waals surface area contributed by atoms with E-state index < -0.39 is 10.0 Å². The standard InChI is InChI=1S/C21H26N2O4S/c1-2-16-27-20-11-7-6-10-19(20)22-21(24)17-12-14-23(15-13-17)28(25,26)18-8-4-3-5-9-18/h3-11,17H,2,12-16H2,1H3,(H,22,24). The maximum Gasteiger partial charge on any atom is 0.243 e. The van der Waals surface area contributed by atoms with E-state index in [-0.39, 0.29) is 11.8 Å². The molecule has 0 aromatic heterocycles. The van der Waals surface area contributed by atoms with Gasteiger partial charge in [0.1, 0.15) is 5.75 Å². The fourth-order valence-electron chi connectivity index (χ4n) is 3.24. The van der Waals surface area contributed by atoms with Crippen molar-refractivity contribution in [3.8, 4) is 5.75 Å². The van der Waals surface area contributed by atoms with Crippen LogP contribution < -0.4 is 10.1 Å². The summed E-state index contributed by atoms with van der Waals surface area (Å²) in [6, 6.07) is 15.8. The van der Waals surface area contributed by atoms with Gasteiger partial charge >= 0.3 is 0 Å². The number of nitrogens with one attached hydrogen (secondary N) is 1. The van der Waals surface area contributed by atoms with Crippen molar-refractivity contribution in [1.82, 2.24) is 4.31 Å². The Morgan fingerprint density at radius 2 is 1.71 bits per heavy atom. The van der Waals surface area contributed by atoms with Crippen molar-refractivity contribution in [1.29, 1.82) is 0 Å². The number of carbonyl (C=O) groups is 1. The molecule has 0 atom stereocenters. The molecule has 0 bridgehead atoms. The highest BCUT2D eigenvalue weighted by molar-refractivity contribution is 7.89. The second-order valence-electron chi connectivity index (χ2n) is 6.83. The van der Waals surface area contributed by atoms with Crippen LogP contribution in [-0.4, -0.2) is 38.3 Å². The molecule has 1 amide bonds. The minimum atomic E-state index is -3.51. The summed E-state index contributed by atoms with van der Waals surface area (Å²) in [5, 5.41) is 2.94. The van der Waals surface area contributed by atoms with E-state index in [4.69, 9.17) is 4.74 Å². The lowest BCUT2D eigenvalue weighted by molar-refractivity contribution is -0.120. The lowest BCUT2D eigenvalue weighted by atomic mass is 9.97. The van der Waals surface area contributed by atoms with Gasteiger partial charge in [0.15, 0.2) is 0 Å². The van der Waals surface area contributed by atoms with Crippen molar-refractivity contribution in [3.63, 3.8) is 0 Å². The van der Waals surface area contributed by atoms with Crippen LogP contribution in [0.3, 0.4) is 0 Å². The molecule has 3 rings (SSSR count). The molecular weight excluding hydrogens is 376 g/mol. The molecule has 1 saturated heterocycles. The number of hydrogen-bond acceptors (Lipinski definition) is 4. The van der Waals surface area contributed by atoms with E-state index in [9.17, 15) is 13.2 Å². The largest absolute Gasteiger partial charge is 0.491 e. The number of para-hydroxylation sites is 2. The zero-order valence-electron chi connectivity index (χ0n) is 16.0. The smallest absolute Gasteiger partial charge is 0.243 e. The number of hydrogen-bond donors (Lipinski definition) is 1. The van der Waals surface area contributed by atoms with Crippen LogP contribution in [0.25, 0.3) is 0 Å². The molecule has 150 valence electrons. The maximum absolute atomic E-state index is 12.7. The number of piperidine rings is 1. The summed E-state index contributed by atoms with van der Waals surface area (Å²) >= 11 is 0. The Bertz CT molecular complexity index is 892. The number of amides is 1.